The number of aryl methyl sites for hydroxylation is 1. The Hall–Kier alpha value is -1.81. The van der Waals surface area contributed by atoms with Crippen LogP contribution >= 0.6 is 0 Å². The van der Waals surface area contributed by atoms with Crippen molar-refractivity contribution in [2.45, 2.75) is 32.9 Å². The van der Waals surface area contributed by atoms with E-state index in [1.165, 1.54) is 23.6 Å². The minimum absolute atomic E-state index is 0.174. The van der Waals surface area contributed by atoms with Crippen LogP contribution < -0.4 is 5.32 Å². The van der Waals surface area contributed by atoms with Gasteiger partial charge in [-0.05, 0) is 30.7 Å². The van der Waals surface area contributed by atoms with Crippen molar-refractivity contribution in [3.05, 3.63) is 36.0 Å². The highest BCUT2D eigenvalue weighted by Gasteiger charge is 2.07. The highest BCUT2D eigenvalue weighted by molar-refractivity contribution is 5.83. The molecule has 0 spiro atoms. The molecule has 108 valence electrons. The molecule has 1 N–H and O–H groups in total. The van der Waals surface area contributed by atoms with E-state index >= 15 is 0 Å². The molecule has 0 bridgehead atoms. The van der Waals surface area contributed by atoms with Gasteiger partial charge in [0.1, 0.15) is 0 Å². The predicted molar refractivity (Wildman–Crippen MR) is 80.6 cm³/mol. The molecule has 2 rings (SSSR count). The normalized spacial score (nSPS) is 10.9. The molecule has 0 fully saturated rings. The van der Waals surface area contributed by atoms with E-state index in [1.54, 1.807) is 0 Å². The van der Waals surface area contributed by atoms with Crippen LogP contribution in [0.5, 0.6) is 0 Å². The van der Waals surface area contributed by atoms with Crippen LogP contribution in [-0.4, -0.2) is 24.2 Å². The van der Waals surface area contributed by atoms with Crippen LogP contribution in [0.25, 0.3) is 10.9 Å². The first kappa shape index (κ1) is 14.6. The Morgan fingerprint density at radius 1 is 1.35 bits per heavy atom. The number of nitrogens with one attached hydrogen (secondary N) is 1. The second-order valence-electron chi connectivity index (χ2n) is 4.86. The Labute approximate surface area is 119 Å². The van der Waals surface area contributed by atoms with Gasteiger partial charge in [-0.25, -0.2) is 0 Å². The molecule has 4 heteroatoms. The van der Waals surface area contributed by atoms with E-state index < -0.39 is 0 Å². The quantitative estimate of drug-likeness (QED) is 0.623. The third kappa shape index (κ3) is 3.39. The van der Waals surface area contributed by atoms with Gasteiger partial charge < -0.3 is 14.6 Å². The molecule has 4 nitrogen and oxygen atoms in total. The molecule has 1 aromatic carbocycles. The molecule has 0 aliphatic heterocycles. The first-order chi connectivity index (χ1) is 9.76. The van der Waals surface area contributed by atoms with Gasteiger partial charge >= 0.3 is 5.97 Å². The summed E-state index contributed by atoms with van der Waals surface area (Å²) >= 11 is 0. The van der Waals surface area contributed by atoms with Gasteiger partial charge in [-0.1, -0.05) is 19.1 Å². The number of esters is 1. The van der Waals surface area contributed by atoms with Gasteiger partial charge in [-0.15, -0.1) is 0 Å². The number of nitrogens with zero attached hydrogens (tertiary/aromatic N) is 1. The molecule has 0 aliphatic carbocycles. The number of aromatic nitrogens is 1. The van der Waals surface area contributed by atoms with Gasteiger partial charge in [-0.3, -0.25) is 4.79 Å². The van der Waals surface area contributed by atoms with Crippen molar-refractivity contribution < 1.29 is 9.53 Å². The summed E-state index contributed by atoms with van der Waals surface area (Å²) < 4.78 is 6.79. The van der Waals surface area contributed by atoms with Crippen LogP contribution in [0.3, 0.4) is 0 Å². The van der Waals surface area contributed by atoms with E-state index in [-0.39, 0.29) is 5.97 Å². The maximum Gasteiger partial charge on any atom is 0.307 e. The number of ether oxygens (including phenoxy) is 1. The fourth-order valence-corrected chi connectivity index (χ4v) is 2.35. The summed E-state index contributed by atoms with van der Waals surface area (Å²) in [6, 6.07) is 8.43. The number of carbonyl (C=O) groups is 1. The van der Waals surface area contributed by atoms with E-state index in [0.29, 0.717) is 13.0 Å². The van der Waals surface area contributed by atoms with E-state index in [2.05, 4.69) is 45.8 Å². The lowest BCUT2D eigenvalue weighted by Crippen LogP contribution is -2.13. The summed E-state index contributed by atoms with van der Waals surface area (Å²) in [5.74, 6) is -0.174. The van der Waals surface area contributed by atoms with Crippen molar-refractivity contribution in [3.63, 3.8) is 0 Å². The molecule has 20 heavy (non-hydrogen) atoms. The highest BCUT2D eigenvalue weighted by atomic mass is 16.5. The SMILES string of the molecule is CCCNCc1cccc2c1ccn2CCC(=O)OC. The number of fused-ring (bicyclic) bond motifs is 1. The molecule has 2 aromatic rings. The Kier molecular flexibility index (Phi) is 5.18. The molecule has 0 aliphatic rings. The average Bonchev–Trinajstić information content (AvgIpc) is 2.89. The van der Waals surface area contributed by atoms with Gasteiger partial charge in [0.25, 0.3) is 0 Å². The van der Waals surface area contributed by atoms with E-state index in [4.69, 9.17) is 0 Å². The summed E-state index contributed by atoms with van der Waals surface area (Å²) in [6.45, 7) is 4.73. The van der Waals surface area contributed by atoms with Crippen LogP contribution in [0.15, 0.2) is 30.5 Å². The number of rotatable bonds is 7. The highest BCUT2D eigenvalue weighted by Crippen LogP contribution is 2.20. The van der Waals surface area contributed by atoms with Crippen molar-refractivity contribution in [3.8, 4) is 0 Å². The maximum absolute atomic E-state index is 11.2. The maximum atomic E-state index is 11.2. The van der Waals surface area contributed by atoms with Crippen molar-refractivity contribution in [2.75, 3.05) is 13.7 Å². The molecule has 0 unspecified atom stereocenters. The summed E-state index contributed by atoms with van der Waals surface area (Å²) in [6.07, 6.45) is 3.58. The number of hydrogen-bond acceptors (Lipinski definition) is 3. The third-order valence-electron chi connectivity index (χ3n) is 3.43. The zero-order valence-electron chi connectivity index (χ0n) is 12.2. The first-order valence-corrected chi connectivity index (χ1v) is 7.10. The fourth-order valence-electron chi connectivity index (χ4n) is 2.35. The van der Waals surface area contributed by atoms with Crippen molar-refractivity contribution >= 4 is 16.9 Å². The minimum Gasteiger partial charge on any atom is -0.469 e. The van der Waals surface area contributed by atoms with Crippen LogP contribution in [-0.2, 0) is 22.6 Å². The van der Waals surface area contributed by atoms with Crippen LogP contribution in [0.4, 0.5) is 0 Å². The first-order valence-electron chi connectivity index (χ1n) is 7.10. The smallest absolute Gasteiger partial charge is 0.307 e. The molecule has 0 amide bonds. The Bertz CT molecular complexity index is 575. The van der Waals surface area contributed by atoms with Crippen molar-refractivity contribution in [2.24, 2.45) is 0 Å². The molecule has 0 saturated heterocycles. The fraction of sp³-hybridized carbons (Fsp3) is 0.438. The van der Waals surface area contributed by atoms with Gasteiger partial charge in [0, 0.05) is 30.2 Å². The zero-order valence-corrected chi connectivity index (χ0v) is 12.2. The Balaban J connectivity index is 2.14. The second-order valence-corrected chi connectivity index (χ2v) is 4.86. The van der Waals surface area contributed by atoms with Crippen LogP contribution in [0.2, 0.25) is 0 Å². The third-order valence-corrected chi connectivity index (χ3v) is 3.43. The number of carbonyl (C=O) groups excluding carboxylic acids is 1. The summed E-state index contributed by atoms with van der Waals surface area (Å²) in [4.78, 5) is 11.2. The lowest BCUT2D eigenvalue weighted by molar-refractivity contribution is -0.140. The average molecular weight is 274 g/mol. The van der Waals surface area contributed by atoms with E-state index in [1.807, 2.05) is 6.20 Å². The van der Waals surface area contributed by atoms with Crippen molar-refractivity contribution in [1.82, 2.24) is 9.88 Å². The largest absolute Gasteiger partial charge is 0.469 e. The summed E-state index contributed by atoms with van der Waals surface area (Å²) in [5.41, 5.74) is 2.47. The lowest BCUT2D eigenvalue weighted by atomic mass is 10.1. The van der Waals surface area contributed by atoms with Gasteiger partial charge in [0.05, 0.1) is 13.5 Å². The molecule has 1 heterocycles. The zero-order chi connectivity index (χ0) is 14.4. The summed E-state index contributed by atoms with van der Waals surface area (Å²) in [7, 11) is 1.42. The standard InChI is InChI=1S/C16H22N2O2/c1-3-9-17-12-13-5-4-6-15-14(13)7-10-18(15)11-8-16(19)20-2/h4-7,10,17H,3,8-9,11-12H2,1-2H3. The molecule has 0 atom stereocenters. The number of benzene rings is 1. The predicted octanol–water partition coefficient (Wildman–Crippen LogP) is 2.70. The second kappa shape index (κ2) is 7.10. The van der Waals surface area contributed by atoms with Gasteiger partial charge in [-0.2, -0.15) is 0 Å². The molecule has 1 aromatic heterocycles. The van der Waals surface area contributed by atoms with Gasteiger partial charge in [0.15, 0.2) is 0 Å². The molecular weight excluding hydrogens is 252 g/mol. The molecular formula is C16H22N2O2. The minimum atomic E-state index is -0.174. The number of methoxy groups -OCH3 is 1. The van der Waals surface area contributed by atoms with Crippen LogP contribution in [0.1, 0.15) is 25.3 Å². The lowest BCUT2D eigenvalue weighted by Gasteiger charge is -2.07. The van der Waals surface area contributed by atoms with Crippen molar-refractivity contribution in [1.29, 1.82) is 0 Å². The van der Waals surface area contributed by atoms with E-state index in [9.17, 15) is 4.79 Å². The molecule has 0 radical (unpaired) electrons. The molecule has 0 saturated carbocycles. The number of hydrogen-bond donors (Lipinski definition) is 1. The van der Waals surface area contributed by atoms with Gasteiger partial charge in [0.2, 0.25) is 0 Å². The van der Waals surface area contributed by atoms with Crippen LogP contribution in [0, 0.1) is 0 Å². The Morgan fingerprint density at radius 3 is 2.95 bits per heavy atom. The summed E-state index contributed by atoms with van der Waals surface area (Å²) in [5, 5.41) is 4.68. The van der Waals surface area contributed by atoms with E-state index in [0.717, 1.165) is 19.5 Å². The topological polar surface area (TPSA) is 43.3 Å². The monoisotopic (exact) mass is 274 g/mol. The Morgan fingerprint density at radius 2 is 2.20 bits per heavy atom.